The van der Waals surface area contributed by atoms with Crippen LogP contribution in [0.1, 0.15) is 35.6 Å². The minimum Gasteiger partial charge on any atom is -0.394 e. The van der Waals surface area contributed by atoms with Crippen molar-refractivity contribution in [1.82, 2.24) is 0 Å². The number of halogens is 2. The SMILES string of the molecule is CSc1ccc(Cc2cc([C@H]3C[C@@H](O)C[C@@H](CO)O3)ccc2Cl)c(F)c1. The van der Waals surface area contributed by atoms with E-state index in [0.717, 1.165) is 16.0 Å². The van der Waals surface area contributed by atoms with Crippen LogP contribution in [0.5, 0.6) is 0 Å². The monoisotopic (exact) mass is 396 g/mol. The summed E-state index contributed by atoms with van der Waals surface area (Å²) in [6.45, 7) is -0.124. The predicted molar refractivity (Wildman–Crippen MR) is 102 cm³/mol. The summed E-state index contributed by atoms with van der Waals surface area (Å²) in [4.78, 5) is 0.880. The van der Waals surface area contributed by atoms with Crippen molar-refractivity contribution in [1.29, 1.82) is 0 Å². The largest absolute Gasteiger partial charge is 0.394 e. The van der Waals surface area contributed by atoms with Gasteiger partial charge >= 0.3 is 0 Å². The molecule has 0 spiro atoms. The second kappa shape index (κ2) is 8.72. The summed E-state index contributed by atoms with van der Waals surface area (Å²) in [6, 6.07) is 10.8. The van der Waals surface area contributed by atoms with Crippen LogP contribution in [0.25, 0.3) is 0 Å². The number of ether oxygens (including phenoxy) is 1. The van der Waals surface area contributed by atoms with Crippen LogP contribution in [-0.4, -0.2) is 35.3 Å². The number of rotatable bonds is 5. The molecule has 0 amide bonds. The van der Waals surface area contributed by atoms with Crippen LogP contribution in [0.15, 0.2) is 41.3 Å². The van der Waals surface area contributed by atoms with Gasteiger partial charge in [0.05, 0.1) is 24.9 Å². The number of hydrogen-bond acceptors (Lipinski definition) is 4. The van der Waals surface area contributed by atoms with Crippen molar-refractivity contribution in [2.75, 3.05) is 12.9 Å². The standard InChI is InChI=1S/C20H22ClFO3S/c1-26-17-4-2-12(19(22)10-17)6-14-7-13(3-5-18(14)21)20-9-15(24)8-16(11-23)25-20/h2-5,7,10,15-16,20,23-24H,6,8-9,11H2,1H3/t15-,16-,20+/m0/s1. The van der Waals surface area contributed by atoms with Gasteiger partial charge in [-0.3, -0.25) is 0 Å². The van der Waals surface area contributed by atoms with E-state index in [4.69, 9.17) is 16.3 Å². The molecule has 0 radical (unpaired) electrons. The molecule has 2 N–H and O–H groups in total. The number of aliphatic hydroxyl groups is 2. The topological polar surface area (TPSA) is 49.7 Å². The van der Waals surface area contributed by atoms with Crippen molar-refractivity contribution in [3.8, 4) is 0 Å². The molecule has 1 aliphatic heterocycles. The van der Waals surface area contributed by atoms with Gasteiger partial charge in [0.25, 0.3) is 0 Å². The third kappa shape index (κ3) is 4.59. The number of hydrogen-bond donors (Lipinski definition) is 2. The Kier molecular flexibility index (Phi) is 6.59. The van der Waals surface area contributed by atoms with E-state index in [1.54, 1.807) is 12.1 Å². The van der Waals surface area contributed by atoms with E-state index in [1.807, 2.05) is 24.5 Å². The van der Waals surface area contributed by atoms with Gasteiger partial charge < -0.3 is 14.9 Å². The molecule has 1 aliphatic rings. The molecule has 3 atom stereocenters. The van der Waals surface area contributed by atoms with Crippen molar-refractivity contribution < 1.29 is 19.3 Å². The molecule has 0 unspecified atom stereocenters. The average molecular weight is 397 g/mol. The van der Waals surface area contributed by atoms with Crippen LogP contribution >= 0.6 is 23.4 Å². The highest BCUT2D eigenvalue weighted by Crippen LogP contribution is 2.34. The molecule has 6 heteroatoms. The molecular weight excluding hydrogens is 375 g/mol. The first-order valence-corrected chi connectivity index (χ1v) is 10.2. The predicted octanol–water partition coefficient (Wildman–Crippen LogP) is 4.37. The van der Waals surface area contributed by atoms with Crippen molar-refractivity contribution in [2.45, 2.75) is 42.5 Å². The van der Waals surface area contributed by atoms with Crippen LogP contribution in [0.3, 0.4) is 0 Å². The lowest BCUT2D eigenvalue weighted by molar-refractivity contribution is -0.113. The maximum absolute atomic E-state index is 14.3. The van der Waals surface area contributed by atoms with Crippen molar-refractivity contribution in [3.63, 3.8) is 0 Å². The Morgan fingerprint density at radius 3 is 2.69 bits per heavy atom. The van der Waals surface area contributed by atoms with Gasteiger partial charge in [0.2, 0.25) is 0 Å². The minimum atomic E-state index is -0.512. The van der Waals surface area contributed by atoms with Gasteiger partial charge in [-0.25, -0.2) is 4.39 Å². The van der Waals surface area contributed by atoms with Crippen LogP contribution in [0.4, 0.5) is 4.39 Å². The second-order valence-corrected chi connectivity index (χ2v) is 7.83. The van der Waals surface area contributed by atoms with Crippen molar-refractivity contribution in [3.05, 3.63) is 63.9 Å². The summed E-state index contributed by atoms with van der Waals surface area (Å²) in [5, 5.41) is 19.9. The molecule has 1 heterocycles. The highest BCUT2D eigenvalue weighted by molar-refractivity contribution is 7.98. The van der Waals surface area contributed by atoms with Crippen LogP contribution in [0.2, 0.25) is 5.02 Å². The molecule has 3 rings (SSSR count). The normalized spacial score (nSPS) is 23.2. The molecule has 0 bridgehead atoms. The lowest BCUT2D eigenvalue weighted by atomic mass is 9.94. The zero-order valence-electron chi connectivity index (χ0n) is 14.5. The maximum atomic E-state index is 14.3. The molecule has 2 aromatic rings. The lowest BCUT2D eigenvalue weighted by Gasteiger charge is -2.32. The van der Waals surface area contributed by atoms with Crippen LogP contribution in [-0.2, 0) is 11.2 Å². The molecule has 26 heavy (non-hydrogen) atoms. The van der Waals surface area contributed by atoms with E-state index in [1.165, 1.54) is 17.8 Å². The Morgan fingerprint density at radius 1 is 1.19 bits per heavy atom. The average Bonchev–Trinajstić information content (AvgIpc) is 2.64. The maximum Gasteiger partial charge on any atom is 0.127 e. The minimum absolute atomic E-state index is 0.124. The van der Waals surface area contributed by atoms with E-state index in [9.17, 15) is 14.6 Å². The molecule has 0 saturated carbocycles. The zero-order chi connectivity index (χ0) is 18.7. The van der Waals surface area contributed by atoms with E-state index in [-0.39, 0.29) is 24.6 Å². The highest BCUT2D eigenvalue weighted by Gasteiger charge is 2.29. The summed E-state index contributed by atoms with van der Waals surface area (Å²) in [6.07, 6.45) is 1.99. The Morgan fingerprint density at radius 2 is 2.00 bits per heavy atom. The summed E-state index contributed by atoms with van der Waals surface area (Å²) < 4.78 is 20.2. The Bertz CT molecular complexity index is 771. The molecule has 0 aliphatic carbocycles. The molecule has 140 valence electrons. The van der Waals surface area contributed by atoms with Crippen LogP contribution < -0.4 is 0 Å². The van der Waals surface area contributed by atoms with E-state index >= 15 is 0 Å². The molecule has 3 nitrogen and oxygen atoms in total. The van der Waals surface area contributed by atoms with Gasteiger partial charge in [-0.05, 0) is 41.1 Å². The quantitative estimate of drug-likeness (QED) is 0.737. The van der Waals surface area contributed by atoms with Crippen molar-refractivity contribution in [2.24, 2.45) is 0 Å². The summed E-state index contributed by atoms with van der Waals surface area (Å²) in [5.74, 6) is -0.247. The van der Waals surface area contributed by atoms with Gasteiger partial charge in [-0.1, -0.05) is 29.8 Å². The Hall–Kier alpha value is -1.11. The first-order chi connectivity index (χ1) is 12.5. The highest BCUT2D eigenvalue weighted by atomic mass is 35.5. The van der Waals surface area contributed by atoms with Gasteiger partial charge in [0.1, 0.15) is 5.82 Å². The first-order valence-electron chi connectivity index (χ1n) is 8.55. The fraction of sp³-hybridized carbons (Fsp3) is 0.400. The molecule has 1 saturated heterocycles. The van der Waals surface area contributed by atoms with Gasteiger partial charge in [-0.15, -0.1) is 11.8 Å². The van der Waals surface area contributed by atoms with E-state index in [0.29, 0.717) is 29.8 Å². The summed E-state index contributed by atoms with van der Waals surface area (Å²) in [7, 11) is 0. The molecular formula is C20H22ClFO3S. The third-order valence-corrected chi connectivity index (χ3v) is 5.76. The number of benzene rings is 2. The Balaban J connectivity index is 1.84. The molecule has 2 aromatic carbocycles. The third-order valence-electron chi connectivity index (χ3n) is 4.66. The molecule has 1 fully saturated rings. The smallest absolute Gasteiger partial charge is 0.127 e. The fourth-order valence-corrected chi connectivity index (χ4v) is 3.87. The summed E-state index contributed by atoms with van der Waals surface area (Å²) in [5.41, 5.74) is 2.27. The number of thioether (sulfide) groups is 1. The first kappa shape index (κ1) is 19.6. The fourth-order valence-electron chi connectivity index (χ4n) is 3.26. The van der Waals surface area contributed by atoms with Gasteiger partial charge in [0.15, 0.2) is 0 Å². The lowest BCUT2D eigenvalue weighted by Crippen LogP contribution is -2.33. The van der Waals surface area contributed by atoms with E-state index in [2.05, 4.69) is 0 Å². The van der Waals surface area contributed by atoms with Crippen molar-refractivity contribution >= 4 is 23.4 Å². The van der Waals surface area contributed by atoms with Gasteiger partial charge in [-0.2, -0.15) is 0 Å². The van der Waals surface area contributed by atoms with Crippen LogP contribution in [0, 0.1) is 5.82 Å². The number of aliphatic hydroxyl groups excluding tert-OH is 2. The summed E-state index contributed by atoms with van der Waals surface area (Å²) >= 11 is 7.82. The zero-order valence-corrected chi connectivity index (χ0v) is 16.1. The van der Waals surface area contributed by atoms with E-state index < -0.39 is 6.10 Å². The van der Waals surface area contributed by atoms with Gasteiger partial charge in [0, 0.05) is 29.2 Å². The Labute approximate surface area is 162 Å². The second-order valence-electron chi connectivity index (χ2n) is 6.54. The molecule has 0 aromatic heterocycles.